The summed E-state index contributed by atoms with van der Waals surface area (Å²) in [5.41, 5.74) is 6.54. The van der Waals surface area contributed by atoms with Gasteiger partial charge in [-0.25, -0.2) is 0 Å². The van der Waals surface area contributed by atoms with Gasteiger partial charge in [-0.05, 0) is 38.2 Å². The molecular weight excluding hydrogens is 238 g/mol. The molecule has 1 aromatic rings. The monoisotopic (exact) mass is 255 g/mol. The highest BCUT2D eigenvalue weighted by Crippen LogP contribution is 2.22. The maximum absolute atomic E-state index is 11.0. The molecule has 0 aliphatic carbocycles. The van der Waals surface area contributed by atoms with Gasteiger partial charge in [-0.2, -0.15) is 0 Å². The van der Waals surface area contributed by atoms with E-state index in [0.717, 1.165) is 25.2 Å². The van der Waals surface area contributed by atoms with Crippen molar-refractivity contribution in [3.05, 3.63) is 28.8 Å². The Morgan fingerprint density at radius 1 is 1.53 bits per heavy atom. The minimum Gasteiger partial charge on any atom is -0.375 e. The van der Waals surface area contributed by atoms with Gasteiger partial charge in [-0.1, -0.05) is 11.6 Å². The standard InChI is InChI=1S/C12H18ClN3O/c1-15-6-3-7-16(2)9-4-5-10(12(14)17)11(13)8-9/h4-5,8,15H,3,6-7H2,1-2H3,(H2,14,17). The maximum Gasteiger partial charge on any atom is 0.250 e. The van der Waals surface area contributed by atoms with Crippen LogP contribution in [0.5, 0.6) is 0 Å². The maximum atomic E-state index is 11.0. The molecule has 0 bridgehead atoms. The van der Waals surface area contributed by atoms with E-state index in [4.69, 9.17) is 17.3 Å². The van der Waals surface area contributed by atoms with Crippen molar-refractivity contribution in [1.29, 1.82) is 0 Å². The Morgan fingerprint density at radius 3 is 2.76 bits per heavy atom. The number of amides is 1. The summed E-state index contributed by atoms with van der Waals surface area (Å²) in [5.74, 6) is -0.501. The average molecular weight is 256 g/mol. The molecule has 0 spiro atoms. The van der Waals surface area contributed by atoms with Gasteiger partial charge in [0.15, 0.2) is 0 Å². The summed E-state index contributed by atoms with van der Waals surface area (Å²) in [4.78, 5) is 13.1. The number of nitrogens with two attached hydrogens (primary N) is 1. The average Bonchev–Trinajstić information content (AvgIpc) is 2.28. The molecular formula is C12H18ClN3O. The molecule has 5 heteroatoms. The molecule has 3 N–H and O–H groups in total. The van der Waals surface area contributed by atoms with E-state index < -0.39 is 5.91 Å². The van der Waals surface area contributed by atoms with E-state index in [9.17, 15) is 4.79 Å². The van der Waals surface area contributed by atoms with Crippen LogP contribution in [0.4, 0.5) is 5.69 Å². The van der Waals surface area contributed by atoms with E-state index in [1.807, 2.05) is 20.2 Å². The molecule has 0 saturated carbocycles. The number of hydrogen-bond acceptors (Lipinski definition) is 3. The summed E-state index contributed by atoms with van der Waals surface area (Å²) in [5, 5.41) is 3.49. The number of nitrogens with one attached hydrogen (secondary N) is 1. The molecule has 0 aliphatic rings. The highest BCUT2D eigenvalue weighted by Gasteiger charge is 2.08. The Labute approximate surface area is 107 Å². The summed E-state index contributed by atoms with van der Waals surface area (Å²) in [6.45, 7) is 1.89. The Morgan fingerprint density at radius 2 is 2.24 bits per heavy atom. The molecule has 0 heterocycles. The van der Waals surface area contributed by atoms with Gasteiger partial charge in [-0.15, -0.1) is 0 Å². The first kappa shape index (κ1) is 13.8. The Kier molecular flexibility index (Phi) is 5.25. The van der Waals surface area contributed by atoms with Crippen molar-refractivity contribution >= 4 is 23.2 Å². The highest BCUT2D eigenvalue weighted by molar-refractivity contribution is 6.34. The summed E-state index contributed by atoms with van der Waals surface area (Å²) in [6.07, 6.45) is 1.04. The van der Waals surface area contributed by atoms with E-state index in [2.05, 4.69) is 10.2 Å². The number of primary amides is 1. The van der Waals surface area contributed by atoms with Crippen LogP contribution >= 0.6 is 11.6 Å². The second-order valence-corrected chi connectivity index (χ2v) is 4.31. The summed E-state index contributed by atoms with van der Waals surface area (Å²) in [6, 6.07) is 5.28. The SMILES string of the molecule is CNCCCN(C)c1ccc(C(N)=O)c(Cl)c1. The smallest absolute Gasteiger partial charge is 0.250 e. The van der Waals surface area contributed by atoms with Crippen LogP contribution in [0.15, 0.2) is 18.2 Å². The van der Waals surface area contributed by atoms with E-state index in [0.29, 0.717) is 10.6 Å². The van der Waals surface area contributed by atoms with Gasteiger partial charge < -0.3 is 16.0 Å². The van der Waals surface area contributed by atoms with Gasteiger partial charge in [0.2, 0.25) is 5.91 Å². The van der Waals surface area contributed by atoms with Gasteiger partial charge in [0, 0.05) is 19.3 Å². The molecule has 0 aromatic heterocycles. The van der Waals surface area contributed by atoms with E-state index in [1.165, 1.54) is 0 Å². The molecule has 0 unspecified atom stereocenters. The first-order chi connectivity index (χ1) is 8.06. The minimum atomic E-state index is -0.501. The van der Waals surface area contributed by atoms with Crippen molar-refractivity contribution in [3.63, 3.8) is 0 Å². The molecule has 1 rings (SSSR count). The summed E-state index contributed by atoms with van der Waals surface area (Å²) >= 11 is 5.99. The fourth-order valence-electron chi connectivity index (χ4n) is 1.56. The Hall–Kier alpha value is -1.26. The van der Waals surface area contributed by atoms with Gasteiger partial charge >= 0.3 is 0 Å². The highest BCUT2D eigenvalue weighted by atomic mass is 35.5. The number of carbonyl (C=O) groups excluding carboxylic acids is 1. The molecule has 0 radical (unpaired) electrons. The van der Waals surface area contributed by atoms with Crippen LogP contribution in [-0.4, -0.2) is 33.1 Å². The largest absolute Gasteiger partial charge is 0.375 e. The quantitative estimate of drug-likeness (QED) is 0.757. The predicted molar refractivity (Wildman–Crippen MR) is 71.8 cm³/mol. The van der Waals surface area contributed by atoms with E-state index >= 15 is 0 Å². The van der Waals surface area contributed by atoms with Crippen molar-refractivity contribution in [2.75, 3.05) is 32.1 Å². The van der Waals surface area contributed by atoms with Crippen LogP contribution in [-0.2, 0) is 0 Å². The Bertz CT molecular complexity index is 395. The van der Waals surface area contributed by atoms with Gasteiger partial charge in [0.05, 0.1) is 10.6 Å². The molecule has 1 aromatic carbocycles. The third-order valence-corrected chi connectivity index (χ3v) is 2.89. The number of carbonyl (C=O) groups is 1. The zero-order valence-corrected chi connectivity index (χ0v) is 10.9. The molecule has 17 heavy (non-hydrogen) atoms. The third kappa shape index (κ3) is 3.91. The number of nitrogens with zero attached hydrogens (tertiary/aromatic N) is 1. The molecule has 94 valence electrons. The molecule has 4 nitrogen and oxygen atoms in total. The lowest BCUT2D eigenvalue weighted by atomic mass is 10.2. The third-order valence-electron chi connectivity index (χ3n) is 2.58. The van der Waals surface area contributed by atoms with Crippen LogP contribution in [0.1, 0.15) is 16.8 Å². The first-order valence-electron chi connectivity index (χ1n) is 5.51. The number of hydrogen-bond donors (Lipinski definition) is 2. The zero-order chi connectivity index (χ0) is 12.8. The van der Waals surface area contributed by atoms with Crippen molar-refractivity contribution in [2.24, 2.45) is 5.73 Å². The number of benzene rings is 1. The zero-order valence-electron chi connectivity index (χ0n) is 10.2. The molecule has 0 aliphatic heterocycles. The second-order valence-electron chi connectivity index (χ2n) is 3.91. The van der Waals surface area contributed by atoms with Gasteiger partial charge in [-0.3, -0.25) is 4.79 Å². The Balaban J connectivity index is 2.72. The normalized spacial score (nSPS) is 10.3. The van der Waals surface area contributed by atoms with Crippen molar-refractivity contribution in [2.45, 2.75) is 6.42 Å². The number of halogens is 1. The summed E-state index contributed by atoms with van der Waals surface area (Å²) < 4.78 is 0. The van der Waals surface area contributed by atoms with Crippen LogP contribution in [0.3, 0.4) is 0 Å². The lowest BCUT2D eigenvalue weighted by molar-refractivity contribution is 0.100. The fourth-order valence-corrected chi connectivity index (χ4v) is 1.83. The van der Waals surface area contributed by atoms with Crippen molar-refractivity contribution in [1.82, 2.24) is 5.32 Å². The second kappa shape index (κ2) is 6.47. The van der Waals surface area contributed by atoms with Crippen molar-refractivity contribution in [3.8, 4) is 0 Å². The van der Waals surface area contributed by atoms with Crippen molar-refractivity contribution < 1.29 is 4.79 Å². The van der Waals surface area contributed by atoms with Crippen LogP contribution < -0.4 is 16.0 Å². The molecule has 1 amide bonds. The first-order valence-corrected chi connectivity index (χ1v) is 5.89. The van der Waals surface area contributed by atoms with Gasteiger partial charge in [0.25, 0.3) is 0 Å². The lowest BCUT2D eigenvalue weighted by Gasteiger charge is -2.19. The lowest BCUT2D eigenvalue weighted by Crippen LogP contribution is -2.22. The van der Waals surface area contributed by atoms with E-state index in [1.54, 1.807) is 12.1 Å². The molecule has 0 saturated heterocycles. The topological polar surface area (TPSA) is 58.4 Å². The predicted octanol–water partition coefficient (Wildman–Crippen LogP) is 1.48. The van der Waals surface area contributed by atoms with Crippen LogP contribution in [0.25, 0.3) is 0 Å². The molecule has 0 fully saturated rings. The minimum absolute atomic E-state index is 0.360. The van der Waals surface area contributed by atoms with E-state index in [-0.39, 0.29) is 0 Å². The van der Waals surface area contributed by atoms with Crippen LogP contribution in [0, 0.1) is 0 Å². The van der Waals surface area contributed by atoms with Crippen LogP contribution in [0.2, 0.25) is 5.02 Å². The molecule has 0 atom stereocenters. The number of anilines is 1. The summed E-state index contributed by atoms with van der Waals surface area (Å²) in [7, 11) is 3.92. The van der Waals surface area contributed by atoms with Gasteiger partial charge in [0.1, 0.15) is 0 Å². The number of rotatable bonds is 6. The fraction of sp³-hybridized carbons (Fsp3) is 0.417.